The maximum atomic E-state index is 11.7. The SMILES string of the molecule is C=CC[N+](C)(C)CC(=O)OC/C=C(\C)CCC=C(C)C. The number of esters is 1. The second-order valence-electron chi connectivity index (χ2n) is 6.12. The standard InChI is InChI=1S/C17H30NO2/c1-7-12-18(5,6)14-17(19)20-13-11-16(4)10-8-9-15(2)3/h7,9,11H,1,8,10,12-14H2,2-6H3/q+1/b16-11+. The van der Waals surface area contributed by atoms with E-state index in [2.05, 4.69) is 33.4 Å². The minimum Gasteiger partial charge on any atom is -0.457 e. The van der Waals surface area contributed by atoms with Gasteiger partial charge in [-0.25, -0.2) is 4.79 Å². The summed E-state index contributed by atoms with van der Waals surface area (Å²) in [5.41, 5.74) is 2.60. The highest BCUT2D eigenvalue weighted by atomic mass is 16.5. The summed E-state index contributed by atoms with van der Waals surface area (Å²) in [6, 6.07) is 0. The van der Waals surface area contributed by atoms with Crippen molar-refractivity contribution in [3.63, 3.8) is 0 Å². The number of carbonyl (C=O) groups is 1. The third-order valence-corrected chi connectivity index (χ3v) is 2.95. The molecule has 0 spiro atoms. The van der Waals surface area contributed by atoms with Gasteiger partial charge in [-0.1, -0.05) is 23.8 Å². The topological polar surface area (TPSA) is 26.3 Å². The molecule has 0 radical (unpaired) electrons. The van der Waals surface area contributed by atoms with Crippen molar-refractivity contribution < 1.29 is 14.0 Å². The second kappa shape index (κ2) is 9.54. The molecule has 0 atom stereocenters. The Kier molecular flexibility index (Phi) is 8.89. The molecule has 0 aromatic rings. The minimum absolute atomic E-state index is 0.162. The Morgan fingerprint density at radius 2 is 1.85 bits per heavy atom. The average molecular weight is 280 g/mol. The Bertz CT molecular complexity index is 374. The Morgan fingerprint density at radius 1 is 1.20 bits per heavy atom. The highest BCUT2D eigenvalue weighted by Crippen LogP contribution is 2.06. The van der Waals surface area contributed by atoms with E-state index in [-0.39, 0.29) is 5.97 Å². The fraction of sp³-hybridized carbons (Fsp3) is 0.588. The summed E-state index contributed by atoms with van der Waals surface area (Å²) in [7, 11) is 3.98. The number of allylic oxidation sites excluding steroid dienone is 3. The molecule has 0 amide bonds. The Labute approximate surface area is 124 Å². The van der Waals surface area contributed by atoms with Crippen LogP contribution in [0.1, 0.15) is 33.6 Å². The summed E-state index contributed by atoms with van der Waals surface area (Å²) in [4.78, 5) is 11.7. The number of ether oxygens (including phenoxy) is 1. The summed E-state index contributed by atoms with van der Waals surface area (Å²) in [6.07, 6.45) is 8.09. The molecule has 0 saturated heterocycles. The highest BCUT2D eigenvalue weighted by Gasteiger charge is 2.18. The van der Waals surface area contributed by atoms with Crippen LogP contribution in [-0.4, -0.2) is 44.2 Å². The molecular weight excluding hydrogens is 250 g/mol. The largest absolute Gasteiger partial charge is 0.457 e. The Hall–Kier alpha value is -1.35. The lowest BCUT2D eigenvalue weighted by Gasteiger charge is -2.26. The molecule has 0 fully saturated rings. The monoisotopic (exact) mass is 280 g/mol. The van der Waals surface area contributed by atoms with Crippen LogP contribution in [0.3, 0.4) is 0 Å². The molecule has 3 nitrogen and oxygen atoms in total. The van der Waals surface area contributed by atoms with E-state index in [1.54, 1.807) is 0 Å². The molecule has 0 rings (SSSR count). The lowest BCUT2D eigenvalue weighted by Crippen LogP contribution is -2.44. The van der Waals surface area contributed by atoms with E-state index in [9.17, 15) is 4.79 Å². The van der Waals surface area contributed by atoms with Gasteiger partial charge in [-0.3, -0.25) is 0 Å². The van der Waals surface area contributed by atoms with Crippen molar-refractivity contribution >= 4 is 5.97 Å². The van der Waals surface area contributed by atoms with Crippen LogP contribution in [0.2, 0.25) is 0 Å². The fourth-order valence-corrected chi connectivity index (χ4v) is 1.78. The van der Waals surface area contributed by atoms with Crippen LogP contribution < -0.4 is 0 Å². The van der Waals surface area contributed by atoms with Gasteiger partial charge in [-0.2, -0.15) is 0 Å². The lowest BCUT2D eigenvalue weighted by molar-refractivity contribution is -0.877. The van der Waals surface area contributed by atoms with Gasteiger partial charge in [0.1, 0.15) is 6.61 Å². The molecule has 0 aliphatic heterocycles. The van der Waals surface area contributed by atoms with Crippen molar-refractivity contribution in [1.29, 1.82) is 0 Å². The van der Waals surface area contributed by atoms with Crippen molar-refractivity contribution in [2.24, 2.45) is 0 Å². The normalized spacial score (nSPS) is 11.9. The number of carbonyl (C=O) groups excluding carboxylic acids is 1. The van der Waals surface area contributed by atoms with Crippen LogP contribution in [0.5, 0.6) is 0 Å². The smallest absolute Gasteiger partial charge is 0.362 e. The van der Waals surface area contributed by atoms with Crippen LogP contribution >= 0.6 is 0 Å². The summed E-state index contributed by atoms with van der Waals surface area (Å²) in [5.74, 6) is -0.162. The molecule has 20 heavy (non-hydrogen) atoms. The minimum atomic E-state index is -0.162. The van der Waals surface area contributed by atoms with E-state index in [4.69, 9.17) is 4.74 Å². The highest BCUT2D eigenvalue weighted by molar-refractivity contribution is 5.70. The Balaban J connectivity index is 4.01. The zero-order valence-corrected chi connectivity index (χ0v) is 13.7. The van der Waals surface area contributed by atoms with E-state index in [1.807, 2.05) is 26.2 Å². The molecule has 0 bridgehead atoms. The maximum Gasteiger partial charge on any atom is 0.362 e. The first-order chi connectivity index (χ1) is 9.26. The van der Waals surface area contributed by atoms with Gasteiger partial charge in [0.2, 0.25) is 0 Å². The molecular formula is C17H30NO2+. The molecule has 0 unspecified atom stereocenters. The number of rotatable bonds is 9. The van der Waals surface area contributed by atoms with E-state index in [0.29, 0.717) is 17.6 Å². The maximum absolute atomic E-state index is 11.7. The van der Waals surface area contributed by atoms with Crippen LogP contribution in [0.25, 0.3) is 0 Å². The van der Waals surface area contributed by atoms with Crippen molar-refractivity contribution in [2.45, 2.75) is 33.6 Å². The number of hydrogen-bond donors (Lipinski definition) is 0. The van der Waals surface area contributed by atoms with Crippen molar-refractivity contribution in [2.75, 3.05) is 33.8 Å². The molecule has 0 aromatic carbocycles. The van der Waals surface area contributed by atoms with Crippen LogP contribution in [0.4, 0.5) is 0 Å². The average Bonchev–Trinajstić information content (AvgIpc) is 2.27. The molecule has 0 saturated carbocycles. The fourth-order valence-electron chi connectivity index (χ4n) is 1.78. The van der Waals surface area contributed by atoms with Gasteiger partial charge < -0.3 is 9.22 Å². The quantitative estimate of drug-likeness (QED) is 0.367. The molecule has 0 heterocycles. The van der Waals surface area contributed by atoms with E-state index in [1.165, 1.54) is 11.1 Å². The molecule has 114 valence electrons. The lowest BCUT2D eigenvalue weighted by atomic mass is 10.1. The number of likely N-dealkylation sites (N-methyl/N-ethyl adjacent to an activating group) is 1. The van der Waals surface area contributed by atoms with Crippen LogP contribution in [0.15, 0.2) is 36.0 Å². The van der Waals surface area contributed by atoms with Gasteiger partial charge in [0.05, 0.1) is 20.6 Å². The van der Waals surface area contributed by atoms with Gasteiger partial charge in [0, 0.05) is 0 Å². The van der Waals surface area contributed by atoms with Crippen LogP contribution in [-0.2, 0) is 9.53 Å². The van der Waals surface area contributed by atoms with E-state index < -0.39 is 0 Å². The zero-order chi connectivity index (χ0) is 15.6. The van der Waals surface area contributed by atoms with Crippen molar-refractivity contribution in [3.05, 3.63) is 36.0 Å². The molecule has 3 heteroatoms. The first-order valence-electron chi connectivity index (χ1n) is 7.14. The predicted octanol–water partition coefficient (Wildman–Crippen LogP) is 3.48. The van der Waals surface area contributed by atoms with Crippen molar-refractivity contribution in [1.82, 2.24) is 0 Å². The number of hydrogen-bond acceptors (Lipinski definition) is 2. The van der Waals surface area contributed by atoms with E-state index in [0.717, 1.165) is 19.4 Å². The summed E-state index contributed by atoms with van der Waals surface area (Å²) >= 11 is 0. The van der Waals surface area contributed by atoms with Gasteiger partial charge in [-0.05, 0) is 45.8 Å². The molecule has 0 aromatic heterocycles. The molecule has 0 N–H and O–H groups in total. The summed E-state index contributed by atoms with van der Waals surface area (Å²) in [6.45, 7) is 11.5. The summed E-state index contributed by atoms with van der Waals surface area (Å²) < 4.78 is 5.82. The second-order valence-corrected chi connectivity index (χ2v) is 6.12. The molecule has 0 aliphatic rings. The van der Waals surface area contributed by atoms with Crippen LogP contribution in [0, 0.1) is 0 Å². The zero-order valence-electron chi connectivity index (χ0n) is 13.7. The third-order valence-electron chi connectivity index (χ3n) is 2.95. The van der Waals surface area contributed by atoms with Gasteiger partial charge in [0.15, 0.2) is 6.54 Å². The number of nitrogens with zero attached hydrogens (tertiary/aromatic N) is 1. The van der Waals surface area contributed by atoms with E-state index >= 15 is 0 Å². The van der Waals surface area contributed by atoms with Crippen molar-refractivity contribution in [3.8, 4) is 0 Å². The first-order valence-corrected chi connectivity index (χ1v) is 7.14. The van der Waals surface area contributed by atoms with Gasteiger partial charge in [0.25, 0.3) is 0 Å². The molecule has 0 aliphatic carbocycles. The first kappa shape index (κ1) is 18.7. The Morgan fingerprint density at radius 3 is 2.40 bits per heavy atom. The predicted molar refractivity (Wildman–Crippen MR) is 85.4 cm³/mol. The van der Waals surface area contributed by atoms with Gasteiger partial charge >= 0.3 is 5.97 Å². The summed E-state index contributed by atoms with van der Waals surface area (Å²) in [5, 5.41) is 0. The third kappa shape index (κ3) is 10.6. The van der Waals surface area contributed by atoms with Gasteiger partial charge in [-0.15, -0.1) is 0 Å². The number of quaternary nitrogens is 1.